The van der Waals surface area contributed by atoms with Crippen molar-refractivity contribution < 1.29 is 14.2 Å². The third-order valence-electron chi connectivity index (χ3n) is 1.78. The number of aromatic hydroxyl groups is 1. The van der Waals surface area contributed by atoms with Crippen molar-refractivity contribution in [1.29, 1.82) is 0 Å². The molecule has 4 nitrogen and oxygen atoms in total. The van der Waals surface area contributed by atoms with Gasteiger partial charge in [-0.2, -0.15) is 4.39 Å². The van der Waals surface area contributed by atoms with Crippen molar-refractivity contribution in [3.63, 3.8) is 0 Å². The van der Waals surface area contributed by atoms with E-state index < -0.39 is 5.95 Å². The summed E-state index contributed by atoms with van der Waals surface area (Å²) in [6, 6.07) is 3.99. The molecule has 0 aliphatic heterocycles. The number of halogens is 1. The lowest BCUT2D eigenvalue weighted by molar-refractivity contribution is 0.398. The Kier molecular flexibility index (Phi) is 1.92. The largest absolute Gasteiger partial charge is 0.505 e. The summed E-state index contributed by atoms with van der Waals surface area (Å²) in [5, 5.41) is 9.37. The van der Waals surface area contributed by atoms with Gasteiger partial charge in [-0.25, -0.2) is 9.97 Å². The molecule has 2 heterocycles. The van der Waals surface area contributed by atoms with Crippen molar-refractivity contribution in [3.8, 4) is 11.6 Å². The van der Waals surface area contributed by atoms with Crippen LogP contribution in [-0.4, -0.2) is 22.2 Å². The molecule has 14 heavy (non-hydrogen) atoms. The molecule has 0 unspecified atom stereocenters. The molecule has 0 saturated heterocycles. The molecule has 2 rings (SSSR count). The van der Waals surface area contributed by atoms with Crippen molar-refractivity contribution in [1.82, 2.24) is 9.97 Å². The van der Waals surface area contributed by atoms with Crippen LogP contribution in [0.3, 0.4) is 0 Å². The van der Waals surface area contributed by atoms with Gasteiger partial charge in [-0.05, 0) is 6.07 Å². The highest BCUT2D eigenvalue weighted by Gasteiger charge is 2.06. The van der Waals surface area contributed by atoms with Crippen molar-refractivity contribution in [2.75, 3.05) is 7.11 Å². The average molecular weight is 194 g/mol. The lowest BCUT2D eigenvalue weighted by atomic mass is 10.3. The van der Waals surface area contributed by atoms with Crippen LogP contribution in [0.25, 0.3) is 11.0 Å². The lowest BCUT2D eigenvalue weighted by Gasteiger charge is -2.02. The molecule has 0 saturated carbocycles. The highest BCUT2D eigenvalue weighted by molar-refractivity contribution is 5.80. The first-order valence-electron chi connectivity index (χ1n) is 3.91. The highest BCUT2D eigenvalue weighted by Crippen LogP contribution is 2.23. The number of ether oxygens (including phenoxy) is 1. The van der Waals surface area contributed by atoms with Crippen LogP contribution in [-0.2, 0) is 0 Å². The molecule has 72 valence electrons. The van der Waals surface area contributed by atoms with E-state index in [1.54, 1.807) is 6.07 Å². The first-order valence-corrected chi connectivity index (χ1v) is 3.91. The number of methoxy groups -OCH3 is 1. The van der Waals surface area contributed by atoms with Gasteiger partial charge >= 0.3 is 0 Å². The summed E-state index contributed by atoms with van der Waals surface area (Å²) in [6.07, 6.45) is 0. The Morgan fingerprint density at radius 1 is 1.36 bits per heavy atom. The molecule has 0 amide bonds. The van der Waals surface area contributed by atoms with Crippen LogP contribution in [0, 0.1) is 5.95 Å². The predicted molar refractivity (Wildman–Crippen MR) is 47.7 cm³/mol. The smallest absolute Gasteiger partial charge is 0.217 e. The summed E-state index contributed by atoms with van der Waals surface area (Å²) in [5.74, 6) is -0.630. The highest BCUT2D eigenvalue weighted by atomic mass is 19.1. The van der Waals surface area contributed by atoms with Crippen molar-refractivity contribution in [2.45, 2.75) is 0 Å². The average Bonchev–Trinajstić information content (AvgIpc) is 2.17. The first-order chi connectivity index (χ1) is 6.70. The second kappa shape index (κ2) is 3.10. The Morgan fingerprint density at radius 2 is 2.14 bits per heavy atom. The van der Waals surface area contributed by atoms with E-state index in [2.05, 4.69) is 9.97 Å². The molecule has 1 N–H and O–H groups in total. The van der Waals surface area contributed by atoms with Crippen LogP contribution >= 0.6 is 0 Å². The minimum absolute atomic E-state index is 0.228. The minimum Gasteiger partial charge on any atom is -0.505 e. The van der Waals surface area contributed by atoms with Crippen molar-refractivity contribution in [3.05, 3.63) is 24.1 Å². The van der Waals surface area contributed by atoms with Gasteiger partial charge in [0.1, 0.15) is 11.3 Å². The third kappa shape index (κ3) is 1.32. The van der Waals surface area contributed by atoms with E-state index in [1.807, 2.05) is 0 Å². The molecule has 0 aliphatic rings. The second-order valence-corrected chi connectivity index (χ2v) is 2.69. The Bertz CT molecular complexity index is 487. The quantitative estimate of drug-likeness (QED) is 0.698. The molecule has 2 aromatic rings. The maximum Gasteiger partial charge on any atom is 0.217 e. The molecule has 0 aliphatic carbocycles. The van der Waals surface area contributed by atoms with Gasteiger partial charge in [-0.15, -0.1) is 0 Å². The van der Waals surface area contributed by atoms with Crippen LogP contribution in [0.4, 0.5) is 4.39 Å². The molecule has 0 radical (unpaired) electrons. The van der Waals surface area contributed by atoms with Gasteiger partial charge in [0.2, 0.25) is 11.8 Å². The van der Waals surface area contributed by atoms with E-state index in [0.29, 0.717) is 11.4 Å². The number of aromatic nitrogens is 2. The lowest BCUT2D eigenvalue weighted by Crippen LogP contribution is -1.91. The first kappa shape index (κ1) is 8.68. The number of fused-ring (bicyclic) bond motifs is 1. The molecule has 0 bridgehead atoms. The maximum atomic E-state index is 12.7. The molecule has 0 atom stereocenters. The number of pyridine rings is 2. The number of hydrogen-bond donors (Lipinski definition) is 1. The molecule has 0 spiro atoms. The molecule has 0 aromatic carbocycles. The summed E-state index contributed by atoms with van der Waals surface area (Å²) < 4.78 is 17.6. The fourth-order valence-electron chi connectivity index (χ4n) is 1.15. The summed E-state index contributed by atoms with van der Waals surface area (Å²) in [5.41, 5.74) is 0.522. The van der Waals surface area contributed by atoms with Gasteiger partial charge < -0.3 is 9.84 Å². The van der Waals surface area contributed by atoms with E-state index in [0.717, 1.165) is 6.07 Å². The molecule has 0 fully saturated rings. The van der Waals surface area contributed by atoms with Crippen molar-refractivity contribution in [2.24, 2.45) is 0 Å². The van der Waals surface area contributed by atoms with Crippen LogP contribution in [0.5, 0.6) is 11.6 Å². The van der Waals surface area contributed by atoms with Crippen LogP contribution in [0.15, 0.2) is 18.2 Å². The van der Waals surface area contributed by atoms with Gasteiger partial charge in [0.15, 0.2) is 0 Å². The van der Waals surface area contributed by atoms with Crippen LogP contribution in [0.1, 0.15) is 0 Å². The predicted octanol–water partition coefficient (Wildman–Crippen LogP) is 1.48. The minimum atomic E-state index is -0.734. The normalized spacial score (nSPS) is 10.4. The fourth-order valence-corrected chi connectivity index (χ4v) is 1.15. The third-order valence-corrected chi connectivity index (χ3v) is 1.78. The second-order valence-electron chi connectivity index (χ2n) is 2.69. The Labute approximate surface area is 79.0 Å². The number of rotatable bonds is 1. The van der Waals surface area contributed by atoms with Crippen LogP contribution in [0.2, 0.25) is 0 Å². The zero-order chi connectivity index (χ0) is 10.1. The van der Waals surface area contributed by atoms with Gasteiger partial charge in [0.25, 0.3) is 0 Å². The van der Waals surface area contributed by atoms with E-state index >= 15 is 0 Å². The van der Waals surface area contributed by atoms with E-state index in [1.165, 1.54) is 13.2 Å². The van der Waals surface area contributed by atoms with Gasteiger partial charge in [0.05, 0.1) is 12.6 Å². The summed E-state index contributed by atoms with van der Waals surface area (Å²) >= 11 is 0. The monoisotopic (exact) mass is 194 g/mol. The Balaban J connectivity index is 2.75. The SMILES string of the molecule is COc1ccc2nc(F)cc(O)c2n1. The maximum absolute atomic E-state index is 12.7. The summed E-state index contributed by atoms with van der Waals surface area (Å²) in [6.45, 7) is 0. The number of hydrogen-bond acceptors (Lipinski definition) is 4. The molecule has 5 heteroatoms. The Hall–Kier alpha value is -1.91. The zero-order valence-corrected chi connectivity index (χ0v) is 7.36. The fraction of sp³-hybridized carbons (Fsp3) is 0.111. The van der Waals surface area contributed by atoms with Gasteiger partial charge in [-0.3, -0.25) is 0 Å². The Morgan fingerprint density at radius 3 is 2.86 bits per heavy atom. The molecular formula is C9H7FN2O2. The number of nitrogens with zero attached hydrogens (tertiary/aromatic N) is 2. The van der Waals surface area contributed by atoms with Gasteiger partial charge in [-0.1, -0.05) is 0 Å². The summed E-state index contributed by atoms with van der Waals surface area (Å²) in [7, 11) is 1.46. The zero-order valence-electron chi connectivity index (χ0n) is 7.36. The van der Waals surface area contributed by atoms with Crippen molar-refractivity contribution >= 4 is 11.0 Å². The van der Waals surface area contributed by atoms with E-state index in [9.17, 15) is 9.50 Å². The van der Waals surface area contributed by atoms with Crippen LogP contribution < -0.4 is 4.74 Å². The summed E-state index contributed by atoms with van der Waals surface area (Å²) in [4.78, 5) is 7.50. The molecule has 2 aromatic heterocycles. The molecular weight excluding hydrogens is 187 g/mol. The van der Waals surface area contributed by atoms with E-state index in [-0.39, 0.29) is 11.3 Å². The van der Waals surface area contributed by atoms with Gasteiger partial charge in [0, 0.05) is 12.1 Å². The van der Waals surface area contributed by atoms with E-state index in [4.69, 9.17) is 4.74 Å². The standard InChI is InChI=1S/C9H7FN2O2/c1-14-8-3-2-5-9(12-8)6(13)4-7(10)11-5/h2-4H,1H3,(H,11,13). The topological polar surface area (TPSA) is 55.2 Å².